The highest BCUT2D eigenvalue weighted by Crippen LogP contribution is 2.46. The van der Waals surface area contributed by atoms with Gasteiger partial charge in [-0.2, -0.15) is 17.7 Å². The number of alkyl halides is 3. The summed E-state index contributed by atoms with van der Waals surface area (Å²) in [6.07, 6.45) is 0.00784. The largest absolute Gasteiger partial charge is 0.416 e. The Morgan fingerprint density at radius 3 is 2.73 bits per heavy atom. The standard InChI is InChI=1S/C26H22ClF3N3OS3/c1-3-33-22(37-23(24(33)34)25-31(2)19-8-7-18(27)14-20(19)36-25)15-21-32(11-12-35-21)10-9-16-5-4-6-17(13-16)26(28,29)30/h4-8,11-15H,3,9-10H2,1-2H3/q+1/b25-23+. The van der Waals surface area contributed by atoms with Crippen LogP contribution in [0.4, 0.5) is 18.9 Å². The first kappa shape index (κ1) is 26.1. The number of anilines is 1. The lowest BCUT2D eigenvalue weighted by molar-refractivity contribution is -0.693. The van der Waals surface area contributed by atoms with Crippen LogP contribution in [0.1, 0.15) is 23.1 Å². The zero-order chi connectivity index (χ0) is 26.3. The van der Waals surface area contributed by atoms with E-state index in [4.69, 9.17) is 11.6 Å². The summed E-state index contributed by atoms with van der Waals surface area (Å²) in [5.41, 5.74) is 0.957. The summed E-state index contributed by atoms with van der Waals surface area (Å²) >= 11 is 10.7. The van der Waals surface area contributed by atoms with Crippen molar-refractivity contribution < 1.29 is 17.7 Å². The van der Waals surface area contributed by atoms with Gasteiger partial charge in [-0.05, 0) is 36.8 Å². The lowest BCUT2D eigenvalue weighted by atomic mass is 10.1. The number of halogens is 4. The molecular weight excluding hydrogens is 559 g/mol. The second kappa shape index (κ2) is 10.3. The van der Waals surface area contributed by atoms with Gasteiger partial charge in [0.05, 0.1) is 22.7 Å². The van der Waals surface area contributed by atoms with Crippen molar-refractivity contribution in [3.63, 3.8) is 0 Å². The molecule has 0 amide bonds. The minimum atomic E-state index is -4.36. The maximum Gasteiger partial charge on any atom is 0.416 e. The molecule has 2 aromatic carbocycles. The van der Waals surface area contributed by atoms with E-state index in [0.717, 1.165) is 31.3 Å². The van der Waals surface area contributed by atoms with E-state index in [2.05, 4.69) is 0 Å². The number of aromatic nitrogens is 2. The molecule has 0 N–H and O–H groups in total. The number of thiazole rings is 2. The summed E-state index contributed by atoms with van der Waals surface area (Å²) in [5.74, 6) is 0. The van der Waals surface area contributed by atoms with Crippen LogP contribution in [0.25, 0.3) is 11.1 Å². The summed E-state index contributed by atoms with van der Waals surface area (Å²) < 4.78 is 44.5. The molecule has 1 aliphatic heterocycles. The maximum absolute atomic E-state index is 13.4. The molecule has 0 atom stereocenters. The highest BCUT2D eigenvalue weighted by Gasteiger charge is 2.30. The molecule has 0 bridgehead atoms. The fourth-order valence-corrected chi connectivity index (χ4v) is 7.79. The number of thioether (sulfide) groups is 1. The van der Waals surface area contributed by atoms with Gasteiger partial charge >= 0.3 is 6.18 Å². The van der Waals surface area contributed by atoms with E-state index in [1.165, 1.54) is 46.6 Å². The third-order valence-corrected chi connectivity index (χ3v) is 9.63. The van der Waals surface area contributed by atoms with Crippen LogP contribution in [0.3, 0.4) is 0 Å². The smallest absolute Gasteiger partial charge is 0.337 e. The number of hydrogen-bond acceptors (Lipinski definition) is 5. The predicted octanol–water partition coefficient (Wildman–Crippen LogP) is 5.33. The first-order valence-electron chi connectivity index (χ1n) is 11.5. The molecule has 0 saturated heterocycles. The van der Waals surface area contributed by atoms with Crippen LogP contribution in [0.5, 0.6) is 0 Å². The Bertz CT molecular complexity index is 1660. The topological polar surface area (TPSA) is 29.1 Å². The molecule has 5 rings (SSSR count). The summed E-state index contributed by atoms with van der Waals surface area (Å²) in [7, 11) is 1.95. The minimum Gasteiger partial charge on any atom is -0.337 e. The van der Waals surface area contributed by atoms with Crippen LogP contribution in [-0.2, 0) is 25.7 Å². The number of rotatable bonds is 5. The molecule has 0 unspecified atom stereocenters. The second-order valence-electron chi connectivity index (χ2n) is 8.42. The van der Waals surface area contributed by atoms with Gasteiger partial charge in [-0.1, -0.05) is 52.9 Å². The van der Waals surface area contributed by atoms with Gasteiger partial charge in [-0.25, -0.2) is 0 Å². The molecule has 0 saturated carbocycles. The molecule has 4 aromatic rings. The average molecular weight is 581 g/mol. The van der Waals surface area contributed by atoms with Crippen molar-refractivity contribution >= 4 is 62.8 Å². The number of fused-ring (bicyclic) bond motifs is 1. The van der Waals surface area contributed by atoms with E-state index >= 15 is 0 Å². The summed E-state index contributed by atoms with van der Waals surface area (Å²) in [6, 6.07) is 11.1. The van der Waals surface area contributed by atoms with Gasteiger partial charge in [0.15, 0.2) is 12.7 Å². The van der Waals surface area contributed by atoms with Gasteiger partial charge in [0.2, 0.25) is 0 Å². The van der Waals surface area contributed by atoms with Gasteiger partial charge in [-0.3, -0.25) is 9.36 Å². The van der Waals surface area contributed by atoms with Crippen LogP contribution in [0.2, 0.25) is 5.02 Å². The molecule has 0 fully saturated rings. The molecule has 192 valence electrons. The van der Waals surface area contributed by atoms with Crippen molar-refractivity contribution in [3.05, 3.63) is 94.7 Å². The third-order valence-electron chi connectivity index (χ3n) is 6.07. The fourth-order valence-electron chi connectivity index (χ4n) is 4.17. The van der Waals surface area contributed by atoms with Crippen molar-refractivity contribution in [2.45, 2.75) is 37.5 Å². The lowest BCUT2D eigenvalue weighted by Gasteiger charge is -2.12. The Kier molecular flexibility index (Phi) is 7.28. The van der Waals surface area contributed by atoms with Crippen molar-refractivity contribution in [1.29, 1.82) is 0 Å². The molecule has 11 heteroatoms. The minimum absolute atomic E-state index is 0.0425. The zero-order valence-corrected chi connectivity index (χ0v) is 23.1. The predicted molar refractivity (Wildman–Crippen MR) is 146 cm³/mol. The Labute approximate surface area is 228 Å². The van der Waals surface area contributed by atoms with Crippen LogP contribution < -0.4 is 24.2 Å². The summed E-state index contributed by atoms with van der Waals surface area (Å²) in [4.78, 5) is 16.4. The van der Waals surface area contributed by atoms with Crippen LogP contribution in [0.15, 0.2) is 63.7 Å². The van der Waals surface area contributed by atoms with Crippen molar-refractivity contribution in [2.75, 3.05) is 11.9 Å². The Morgan fingerprint density at radius 1 is 1.16 bits per heavy atom. The fraction of sp³-hybridized carbons (Fsp3) is 0.231. The summed E-state index contributed by atoms with van der Waals surface area (Å²) in [5, 5.41) is 4.39. The molecule has 0 aliphatic carbocycles. The van der Waals surface area contributed by atoms with Gasteiger partial charge in [0.1, 0.15) is 14.2 Å². The normalized spacial score (nSPS) is 15.5. The summed E-state index contributed by atoms with van der Waals surface area (Å²) in [6.45, 7) is 2.99. The van der Waals surface area contributed by atoms with E-state index in [1.807, 2.05) is 59.3 Å². The Hall–Kier alpha value is -2.53. The van der Waals surface area contributed by atoms with E-state index in [0.29, 0.717) is 34.6 Å². The van der Waals surface area contributed by atoms with Crippen molar-refractivity contribution in [2.24, 2.45) is 0 Å². The van der Waals surface area contributed by atoms with Crippen LogP contribution >= 0.6 is 46.0 Å². The lowest BCUT2D eigenvalue weighted by Crippen LogP contribution is -2.36. The first-order valence-corrected chi connectivity index (χ1v) is 14.3. The molecule has 4 nitrogen and oxygen atoms in total. The number of nitrogens with zero attached hydrogens (tertiary/aromatic N) is 3. The zero-order valence-electron chi connectivity index (χ0n) is 19.9. The number of aryl methyl sites for hydroxylation is 2. The Morgan fingerprint density at radius 2 is 1.97 bits per heavy atom. The van der Waals surface area contributed by atoms with Crippen LogP contribution in [-0.4, -0.2) is 11.6 Å². The molecule has 0 radical (unpaired) electrons. The SMILES string of the molecule is CCn1c(=O)/c(=C2\Sc3cc(Cl)ccc3N2C)s/c1=C\c1scc[n+]1CCc1cccc(C(F)(F)F)c1. The van der Waals surface area contributed by atoms with E-state index in [9.17, 15) is 18.0 Å². The molecular formula is C26H22ClF3N3OS3+. The van der Waals surface area contributed by atoms with Gasteiger partial charge < -0.3 is 4.90 Å². The first-order chi connectivity index (χ1) is 17.7. The van der Waals surface area contributed by atoms with Gasteiger partial charge in [0, 0.05) is 29.9 Å². The highest BCUT2D eigenvalue weighted by atomic mass is 35.5. The number of hydrogen-bond donors (Lipinski definition) is 0. The van der Waals surface area contributed by atoms with Gasteiger partial charge in [0.25, 0.3) is 10.6 Å². The van der Waals surface area contributed by atoms with Gasteiger partial charge in [-0.15, -0.1) is 11.3 Å². The van der Waals surface area contributed by atoms with E-state index in [-0.39, 0.29) is 5.56 Å². The third kappa shape index (κ3) is 5.25. The monoisotopic (exact) mass is 580 g/mol. The van der Waals surface area contributed by atoms with Crippen molar-refractivity contribution in [3.8, 4) is 0 Å². The second-order valence-corrected chi connectivity index (χ2v) is 11.8. The maximum atomic E-state index is 13.4. The van der Waals surface area contributed by atoms with Crippen LogP contribution in [0, 0.1) is 0 Å². The molecule has 1 aliphatic rings. The number of benzene rings is 2. The molecule has 3 heterocycles. The quantitative estimate of drug-likeness (QED) is 0.299. The average Bonchev–Trinajstić information content (AvgIpc) is 3.53. The molecule has 0 spiro atoms. The van der Waals surface area contributed by atoms with E-state index < -0.39 is 11.7 Å². The molecule has 37 heavy (non-hydrogen) atoms. The Balaban J connectivity index is 1.48. The van der Waals surface area contributed by atoms with E-state index in [1.54, 1.807) is 10.6 Å². The highest BCUT2D eigenvalue weighted by molar-refractivity contribution is 8.08. The van der Waals surface area contributed by atoms with Crippen molar-refractivity contribution in [1.82, 2.24) is 4.57 Å². The molecule has 2 aromatic heterocycles.